The zero-order valence-corrected chi connectivity index (χ0v) is 22.3. The maximum absolute atomic E-state index is 13.6. The Balaban J connectivity index is 1.28. The number of rotatable bonds is 9. The highest BCUT2D eigenvalue weighted by atomic mass is 35.5. The SMILES string of the molecule is O=C(N[C@H]1CC[C@H](Cn2c(=O)n(-c3ccc(NCCO)cn3)c3ccccc32)CC1)c1cc(Cl)cnc1C(F)F. The summed E-state index contributed by atoms with van der Waals surface area (Å²) in [7, 11) is 0. The number of hydrogen-bond donors (Lipinski definition) is 3. The maximum atomic E-state index is 13.6. The Hall–Kier alpha value is -3.83. The molecule has 1 fully saturated rings. The first-order valence-electron chi connectivity index (χ1n) is 13.1. The van der Waals surface area contributed by atoms with Gasteiger partial charge in [0, 0.05) is 25.3 Å². The summed E-state index contributed by atoms with van der Waals surface area (Å²) in [5.74, 6) is 0.0882. The van der Waals surface area contributed by atoms with E-state index < -0.39 is 18.0 Å². The number of nitrogens with zero attached hydrogens (tertiary/aromatic N) is 4. The first-order valence-corrected chi connectivity index (χ1v) is 13.5. The Labute approximate surface area is 233 Å². The number of fused-ring (bicyclic) bond motifs is 1. The van der Waals surface area contributed by atoms with Crippen molar-refractivity contribution in [2.24, 2.45) is 5.92 Å². The third-order valence-electron chi connectivity index (χ3n) is 7.21. The van der Waals surface area contributed by atoms with E-state index in [0.717, 1.165) is 35.8 Å². The summed E-state index contributed by atoms with van der Waals surface area (Å²) in [6, 6.07) is 12.2. The number of carbonyl (C=O) groups excluding carboxylic acids is 1. The van der Waals surface area contributed by atoms with Crippen LogP contribution in [0.25, 0.3) is 16.9 Å². The molecule has 1 saturated carbocycles. The van der Waals surface area contributed by atoms with E-state index in [-0.39, 0.29) is 34.8 Å². The molecule has 9 nitrogen and oxygen atoms in total. The number of aliphatic hydroxyl groups excluding tert-OH is 1. The number of benzene rings is 1. The average Bonchev–Trinajstić information content (AvgIpc) is 3.23. The number of imidazole rings is 1. The lowest BCUT2D eigenvalue weighted by Crippen LogP contribution is -2.39. The quantitative estimate of drug-likeness (QED) is 0.272. The van der Waals surface area contributed by atoms with E-state index >= 15 is 0 Å². The topological polar surface area (TPSA) is 114 Å². The molecule has 0 unspecified atom stereocenters. The molecule has 1 aliphatic rings. The second-order valence-corrected chi connectivity index (χ2v) is 10.3. The molecule has 5 rings (SSSR count). The highest BCUT2D eigenvalue weighted by Crippen LogP contribution is 2.29. The molecule has 1 aliphatic carbocycles. The van der Waals surface area contributed by atoms with Crippen molar-refractivity contribution in [3.8, 4) is 5.82 Å². The minimum absolute atomic E-state index is 0.00198. The van der Waals surface area contributed by atoms with Gasteiger partial charge in [0.2, 0.25) is 0 Å². The van der Waals surface area contributed by atoms with Gasteiger partial charge in [0.25, 0.3) is 12.3 Å². The number of nitrogens with one attached hydrogen (secondary N) is 2. The molecule has 0 aliphatic heterocycles. The Morgan fingerprint density at radius 1 is 1.07 bits per heavy atom. The second kappa shape index (κ2) is 12.1. The first-order chi connectivity index (χ1) is 19.4. The summed E-state index contributed by atoms with van der Waals surface area (Å²) in [4.78, 5) is 34.4. The van der Waals surface area contributed by atoms with Crippen molar-refractivity contribution in [1.82, 2.24) is 24.4 Å². The maximum Gasteiger partial charge on any atom is 0.334 e. The van der Waals surface area contributed by atoms with Crippen molar-refractivity contribution in [3.05, 3.63) is 81.6 Å². The smallest absolute Gasteiger partial charge is 0.334 e. The van der Waals surface area contributed by atoms with Crippen molar-refractivity contribution < 1.29 is 18.7 Å². The van der Waals surface area contributed by atoms with Crippen LogP contribution >= 0.6 is 11.6 Å². The van der Waals surface area contributed by atoms with Gasteiger partial charge >= 0.3 is 5.69 Å². The van der Waals surface area contributed by atoms with E-state index in [2.05, 4.69) is 20.6 Å². The van der Waals surface area contributed by atoms with Gasteiger partial charge < -0.3 is 15.7 Å². The van der Waals surface area contributed by atoms with Crippen LogP contribution in [-0.4, -0.2) is 49.3 Å². The lowest BCUT2D eigenvalue weighted by molar-refractivity contribution is 0.0904. The Morgan fingerprint density at radius 2 is 1.82 bits per heavy atom. The molecule has 3 aromatic heterocycles. The minimum atomic E-state index is -2.88. The van der Waals surface area contributed by atoms with E-state index in [1.54, 1.807) is 21.4 Å². The molecule has 1 aromatic carbocycles. The van der Waals surface area contributed by atoms with E-state index in [4.69, 9.17) is 16.7 Å². The molecule has 210 valence electrons. The molecule has 0 radical (unpaired) electrons. The highest BCUT2D eigenvalue weighted by molar-refractivity contribution is 6.30. The molecule has 4 aromatic rings. The molecule has 1 amide bonds. The molecule has 40 heavy (non-hydrogen) atoms. The fourth-order valence-corrected chi connectivity index (χ4v) is 5.40. The number of alkyl halides is 2. The summed E-state index contributed by atoms with van der Waals surface area (Å²) in [5, 5.41) is 15.0. The molecule has 3 heterocycles. The monoisotopic (exact) mass is 570 g/mol. The van der Waals surface area contributed by atoms with Crippen LogP contribution in [0.5, 0.6) is 0 Å². The number of para-hydroxylation sites is 2. The lowest BCUT2D eigenvalue weighted by atomic mass is 9.85. The van der Waals surface area contributed by atoms with Crippen molar-refractivity contribution in [3.63, 3.8) is 0 Å². The molecular weight excluding hydrogens is 542 g/mol. The van der Waals surface area contributed by atoms with E-state index in [1.165, 1.54) is 6.07 Å². The summed E-state index contributed by atoms with van der Waals surface area (Å²) in [5.41, 5.74) is 1.32. The van der Waals surface area contributed by atoms with Gasteiger partial charge in [-0.1, -0.05) is 23.7 Å². The van der Waals surface area contributed by atoms with Gasteiger partial charge in [0.1, 0.15) is 11.5 Å². The number of halogens is 3. The van der Waals surface area contributed by atoms with Gasteiger partial charge in [-0.15, -0.1) is 0 Å². The molecule has 0 spiro atoms. The van der Waals surface area contributed by atoms with E-state index in [1.807, 2.05) is 30.3 Å². The number of anilines is 1. The van der Waals surface area contributed by atoms with Gasteiger partial charge in [-0.2, -0.15) is 0 Å². The normalized spacial score (nSPS) is 17.3. The van der Waals surface area contributed by atoms with Gasteiger partial charge in [-0.3, -0.25) is 14.3 Å². The predicted octanol–water partition coefficient (Wildman–Crippen LogP) is 4.57. The zero-order valence-electron chi connectivity index (χ0n) is 21.6. The van der Waals surface area contributed by atoms with Crippen molar-refractivity contribution in [1.29, 1.82) is 0 Å². The molecule has 0 atom stereocenters. The predicted molar refractivity (Wildman–Crippen MR) is 148 cm³/mol. The second-order valence-electron chi connectivity index (χ2n) is 9.85. The highest BCUT2D eigenvalue weighted by Gasteiger charge is 2.27. The fraction of sp³-hybridized carbons (Fsp3) is 0.357. The molecule has 12 heteroatoms. The number of hydrogen-bond acceptors (Lipinski definition) is 6. The number of carbonyl (C=O) groups is 1. The van der Waals surface area contributed by atoms with Gasteiger partial charge in [0.05, 0.1) is 40.1 Å². The number of amides is 1. The van der Waals surface area contributed by atoms with Crippen molar-refractivity contribution >= 4 is 34.2 Å². The summed E-state index contributed by atoms with van der Waals surface area (Å²) < 4.78 is 30.0. The first kappa shape index (κ1) is 27.7. The van der Waals surface area contributed by atoms with Gasteiger partial charge in [0.15, 0.2) is 0 Å². The van der Waals surface area contributed by atoms with Gasteiger partial charge in [-0.25, -0.2) is 23.1 Å². The minimum Gasteiger partial charge on any atom is -0.395 e. The van der Waals surface area contributed by atoms with Crippen molar-refractivity contribution in [2.45, 2.75) is 44.7 Å². The number of aliphatic hydroxyl groups is 1. The van der Waals surface area contributed by atoms with Crippen LogP contribution < -0.4 is 16.3 Å². The van der Waals surface area contributed by atoms with Crippen LogP contribution in [0.4, 0.5) is 14.5 Å². The Kier molecular flexibility index (Phi) is 8.41. The third kappa shape index (κ3) is 5.85. The third-order valence-corrected chi connectivity index (χ3v) is 7.42. The van der Waals surface area contributed by atoms with E-state index in [0.29, 0.717) is 31.7 Å². The number of pyridine rings is 2. The Morgan fingerprint density at radius 3 is 2.50 bits per heavy atom. The van der Waals surface area contributed by atoms with Gasteiger partial charge in [-0.05, 0) is 61.9 Å². The molecule has 0 saturated heterocycles. The molecular formula is C28H29ClF2N6O3. The van der Waals surface area contributed by atoms with E-state index in [9.17, 15) is 18.4 Å². The zero-order chi connectivity index (χ0) is 28.2. The van der Waals surface area contributed by atoms with Crippen LogP contribution in [0, 0.1) is 5.92 Å². The van der Waals surface area contributed by atoms with Crippen LogP contribution in [0.15, 0.2) is 59.7 Å². The fourth-order valence-electron chi connectivity index (χ4n) is 5.25. The lowest BCUT2D eigenvalue weighted by Gasteiger charge is -2.29. The average molecular weight is 571 g/mol. The van der Waals surface area contributed by atoms with Crippen LogP contribution in [0.2, 0.25) is 5.02 Å². The van der Waals surface area contributed by atoms with Crippen LogP contribution in [0.3, 0.4) is 0 Å². The van der Waals surface area contributed by atoms with Crippen LogP contribution in [0.1, 0.15) is 48.2 Å². The summed E-state index contributed by atoms with van der Waals surface area (Å²) >= 11 is 5.89. The molecule has 3 N–H and O–H groups in total. The Bertz CT molecular complexity index is 1550. The van der Waals surface area contributed by atoms with Crippen LogP contribution in [-0.2, 0) is 6.54 Å². The molecule has 0 bridgehead atoms. The number of aromatic nitrogens is 4. The largest absolute Gasteiger partial charge is 0.395 e. The summed E-state index contributed by atoms with van der Waals surface area (Å²) in [6.45, 7) is 0.916. The van der Waals surface area contributed by atoms with Crippen molar-refractivity contribution in [2.75, 3.05) is 18.5 Å². The standard InChI is InChI=1S/C28H29ClF2N6O3/c29-18-13-21(25(26(30)31)34-14-18)27(39)35-19-7-5-17(6-8-19)16-36-22-3-1-2-4-23(22)37(28(36)40)24-10-9-20(15-33-24)32-11-12-38/h1-4,9-10,13-15,17,19,26,32,38H,5-8,11-12,16H2,(H,35,39)/t17-,19-. The summed E-state index contributed by atoms with van der Waals surface area (Å²) in [6.07, 6.45) is 2.68.